The SMILES string of the molecule is C[C@@H](OC(=O)c1ccc([N+](=O)[O-])cc1Cl)C(=O)NC(N)=O. The molecule has 9 nitrogen and oxygen atoms in total. The number of hydrogen-bond acceptors (Lipinski definition) is 6. The highest BCUT2D eigenvalue weighted by atomic mass is 35.5. The number of rotatable bonds is 4. The Labute approximate surface area is 123 Å². The van der Waals surface area contributed by atoms with E-state index in [0.29, 0.717) is 0 Å². The van der Waals surface area contributed by atoms with Crippen molar-refractivity contribution in [1.29, 1.82) is 0 Å². The summed E-state index contributed by atoms with van der Waals surface area (Å²) in [6.07, 6.45) is -1.30. The highest BCUT2D eigenvalue weighted by Crippen LogP contribution is 2.23. The van der Waals surface area contributed by atoms with Crippen molar-refractivity contribution in [2.45, 2.75) is 13.0 Å². The summed E-state index contributed by atoms with van der Waals surface area (Å²) in [4.78, 5) is 43.5. The molecule has 0 spiro atoms. The number of imide groups is 1. The van der Waals surface area contributed by atoms with Crippen LogP contribution >= 0.6 is 11.6 Å². The van der Waals surface area contributed by atoms with Crippen molar-refractivity contribution in [3.05, 3.63) is 38.9 Å². The summed E-state index contributed by atoms with van der Waals surface area (Å²) in [7, 11) is 0. The lowest BCUT2D eigenvalue weighted by molar-refractivity contribution is -0.384. The molecule has 0 heterocycles. The minimum Gasteiger partial charge on any atom is -0.449 e. The van der Waals surface area contributed by atoms with E-state index in [1.54, 1.807) is 5.32 Å². The Bertz CT molecular complexity index is 618. The Morgan fingerprint density at radius 3 is 2.52 bits per heavy atom. The summed E-state index contributed by atoms with van der Waals surface area (Å²) in [5.41, 5.74) is 4.30. The number of amides is 3. The lowest BCUT2D eigenvalue weighted by Gasteiger charge is -2.12. The van der Waals surface area contributed by atoms with Gasteiger partial charge in [-0.2, -0.15) is 0 Å². The minimum absolute atomic E-state index is 0.152. The van der Waals surface area contributed by atoms with Gasteiger partial charge in [0, 0.05) is 12.1 Å². The highest BCUT2D eigenvalue weighted by Gasteiger charge is 2.22. The first-order valence-corrected chi connectivity index (χ1v) is 5.85. The molecule has 0 saturated heterocycles. The van der Waals surface area contributed by atoms with Gasteiger partial charge in [0.1, 0.15) is 0 Å². The van der Waals surface area contributed by atoms with Crippen LogP contribution in [0.2, 0.25) is 5.02 Å². The maximum absolute atomic E-state index is 11.8. The number of non-ortho nitro benzene ring substituents is 1. The van der Waals surface area contributed by atoms with Gasteiger partial charge in [-0.1, -0.05) is 11.6 Å². The van der Waals surface area contributed by atoms with Gasteiger partial charge in [-0.05, 0) is 13.0 Å². The Morgan fingerprint density at radius 1 is 1.43 bits per heavy atom. The standard InChI is InChI=1S/C11H10ClN3O6/c1-5(9(16)14-11(13)18)21-10(17)7-3-2-6(15(19)20)4-8(7)12/h2-5H,1H3,(H3,13,14,16,18)/t5-/m1/s1. The first-order valence-electron chi connectivity index (χ1n) is 5.47. The zero-order valence-corrected chi connectivity index (χ0v) is 11.4. The third-order valence-corrected chi connectivity index (χ3v) is 2.60. The average Bonchev–Trinajstić information content (AvgIpc) is 2.37. The van der Waals surface area contributed by atoms with Gasteiger partial charge in [0.25, 0.3) is 11.6 Å². The van der Waals surface area contributed by atoms with Crippen molar-refractivity contribution in [2.75, 3.05) is 0 Å². The van der Waals surface area contributed by atoms with Gasteiger partial charge in [-0.15, -0.1) is 0 Å². The van der Waals surface area contributed by atoms with Crippen LogP contribution in [0.25, 0.3) is 0 Å². The molecule has 112 valence electrons. The van der Waals surface area contributed by atoms with Crippen LogP contribution in [-0.4, -0.2) is 28.9 Å². The van der Waals surface area contributed by atoms with Gasteiger partial charge in [0.15, 0.2) is 6.10 Å². The Kier molecular flexibility index (Phi) is 5.19. The Morgan fingerprint density at radius 2 is 2.05 bits per heavy atom. The largest absolute Gasteiger partial charge is 0.449 e. The van der Waals surface area contributed by atoms with Gasteiger partial charge < -0.3 is 10.5 Å². The number of halogens is 1. The van der Waals surface area contributed by atoms with E-state index in [1.165, 1.54) is 6.92 Å². The average molecular weight is 316 g/mol. The number of nitrogens with one attached hydrogen (secondary N) is 1. The number of carbonyl (C=O) groups is 3. The summed E-state index contributed by atoms with van der Waals surface area (Å²) in [5.74, 6) is -1.88. The third-order valence-electron chi connectivity index (χ3n) is 2.28. The number of benzene rings is 1. The number of primary amides is 1. The van der Waals surface area contributed by atoms with E-state index in [9.17, 15) is 24.5 Å². The van der Waals surface area contributed by atoms with Gasteiger partial charge in [-0.25, -0.2) is 9.59 Å². The molecular formula is C11H10ClN3O6. The molecule has 3 N–H and O–H groups in total. The van der Waals surface area contributed by atoms with Gasteiger partial charge in [0.05, 0.1) is 15.5 Å². The summed E-state index contributed by atoms with van der Waals surface area (Å²) >= 11 is 5.74. The molecule has 10 heteroatoms. The third kappa shape index (κ3) is 4.42. The first kappa shape index (κ1) is 16.4. The molecule has 0 aliphatic rings. The summed E-state index contributed by atoms with van der Waals surface area (Å²) < 4.78 is 4.77. The van der Waals surface area contributed by atoms with Crippen molar-refractivity contribution in [2.24, 2.45) is 5.73 Å². The molecule has 0 aliphatic heterocycles. The number of hydrogen-bond donors (Lipinski definition) is 2. The lowest BCUT2D eigenvalue weighted by atomic mass is 10.2. The van der Waals surface area contributed by atoms with Crippen LogP contribution < -0.4 is 11.1 Å². The van der Waals surface area contributed by atoms with Crippen LogP contribution in [0.15, 0.2) is 18.2 Å². The fourth-order valence-corrected chi connectivity index (χ4v) is 1.54. The molecule has 0 unspecified atom stereocenters. The number of urea groups is 1. The van der Waals surface area contributed by atoms with Crippen molar-refractivity contribution in [3.8, 4) is 0 Å². The molecule has 3 amide bonds. The highest BCUT2D eigenvalue weighted by molar-refractivity contribution is 6.33. The van der Waals surface area contributed by atoms with Crippen LogP contribution in [0, 0.1) is 10.1 Å². The predicted octanol–water partition coefficient (Wildman–Crippen LogP) is 0.988. The second kappa shape index (κ2) is 6.66. The molecular weight excluding hydrogens is 306 g/mol. The van der Waals surface area contributed by atoms with Crippen molar-refractivity contribution in [3.63, 3.8) is 0 Å². The van der Waals surface area contributed by atoms with Gasteiger partial charge >= 0.3 is 12.0 Å². The van der Waals surface area contributed by atoms with Crippen molar-refractivity contribution < 1.29 is 24.0 Å². The van der Waals surface area contributed by atoms with Crippen LogP contribution in [0.3, 0.4) is 0 Å². The molecule has 0 radical (unpaired) electrons. The summed E-state index contributed by atoms with van der Waals surface area (Å²) in [6.45, 7) is 1.22. The van der Waals surface area contributed by atoms with E-state index in [-0.39, 0.29) is 16.3 Å². The maximum Gasteiger partial charge on any atom is 0.340 e. The normalized spacial score (nSPS) is 11.3. The topological polar surface area (TPSA) is 142 Å². The van der Waals surface area contributed by atoms with E-state index in [4.69, 9.17) is 22.1 Å². The molecule has 1 atom stereocenters. The monoisotopic (exact) mass is 315 g/mol. The van der Waals surface area contributed by atoms with Gasteiger partial charge in [0.2, 0.25) is 0 Å². The number of nitrogens with zero attached hydrogens (tertiary/aromatic N) is 1. The van der Waals surface area contributed by atoms with Gasteiger partial charge in [-0.3, -0.25) is 20.2 Å². The number of nitrogens with two attached hydrogens (primary N) is 1. The molecule has 0 saturated carbocycles. The van der Waals surface area contributed by atoms with E-state index in [1.807, 2.05) is 0 Å². The van der Waals surface area contributed by atoms with E-state index < -0.39 is 28.9 Å². The fourth-order valence-electron chi connectivity index (χ4n) is 1.28. The smallest absolute Gasteiger partial charge is 0.340 e. The Hall–Kier alpha value is -2.68. The molecule has 0 aliphatic carbocycles. The number of ether oxygens (including phenoxy) is 1. The number of nitro benzene ring substituents is 1. The van der Waals surface area contributed by atoms with E-state index >= 15 is 0 Å². The summed E-state index contributed by atoms with van der Waals surface area (Å²) in [5, 5.41) is 12.1. The second-order valence-corrected chi connectivity index (χ2v) is 4.23. The van der Waals surface area contributed by atoms with E-state index in [2.05, 4.69) is 0 Å². The fraction of sp³-hybridized carbons (Fsp3) is 0.182. The van der Waals surface area contributed by atoms with Crippen molar-refractivity contribution >= 4 is 35.2 Å². The minimum atomic E-state index is -1.30. The quantitative estimate of drug-likeness (QED) is 0.482. The number of nitro groups is 1. The summed E-state index contributed by atoms with van der Waals surface area (Å²) in [6, 6.07) is 2.06. The predicted molar refractivity (Wildman–Crippen MR) is 70.7 cm³/mol. The number of esters is 1. The lowest BCUT2D eigenvalue weighted by Crippen LogP contribution is -2.42. The first-order chi connectivity index (χ1) is 9.72. The number of carbonyl (C=O) groups excluding carboxylic acids is 3. The van der Waals surface area contributed by atoms with Crippen LogP contribution in [0.1, 0.15) is 17.3 Å². The maximum atomic E-state index is 11.8. The Balaban J connectivity index is 2.83. The molecule has 0 bridgehead atoms. The molecule has 21 heavy (non-hydrogen) atoms. The van der Waals surface area contributed by atoms with Crippen LogP contribution in [0.5, 0.6) is 0 Å². The molecule has 0 fully saturated rings. The second-order valence-electron chi connectivity index (χ2n) is 3.82. The molecule has 1 rings (SSSR count). The molecule has 1 aromatic carbocycles. The zero-order valence-electron chi connectivity index (χ0n) is 10.7. The zero-order chi connectivity index (χ0) is 16.2. The van der Waals surface area contributed by atoms with Crippen LogP contribution in [0.4, 0.5) is 10.5 Å². The van der Waals surface area contributed by atoms with Crippen molar-refractivity contribution in [1.82, 2.24) is 5.32 Å². The molecule has 0 aromatic heterocycles. The van der Waals surface area contributed by atoms with E-state index in [0.717, 1.165) is 18.2 Å². The van der Waals surface area contributed by atoms with Crippen LogP contribution in [-0.2, 0) is 9.53 Å². The molecule has 1 aromatic rings.